The molecule has 0 unspecified atom stereocenters. The number of halogens is 1. The van der Waals surface area contributed by atoms with Crippen molar-refractivity contribution in [3.05, 3.63) is 47.1 Å². The molecule has 0 atom stereocenters. The molecule has 1 N–H and O–H groups in total. The van der Waals surface area contributed by atoms with Crippen molar-refractivity contribution in [1.29, 1.82) is 0 Å². The topological polar surface area (TPSA) is 67.7 Å². The molecule has 0 fully saturated rings. The molecule has 90 valence electrons. The Labute approximate surface area is 110 Å². The second-order valence-electron chi connectivity index (χ2n) is 3.73. The van der Waals surface area contributed by atoms with Gasteiger partial charge in [-0.3, -0.25) is 0 Å². The monoisotopic (exact) mass is 306 g/mol. The number of carbonyl (C=O) groups is 1. The highest BCUT2D eigenvalue weighted by molar-refractivity contribution is 9.10. The van der Waals surface area contributed by atoms with Gasteiger partial charge in [0.1, 0.15) is 12.0 Å². The van der Waals surface area contributed by atoms with Crippen molar-refractivity contribution in [1.82, 2.24) is 9.38 Å². The van der Waals surface area contributed by atoms with Gasteiger partial charge in [0.2, 0.25) is 0 Å². The normalized spacial score (nSPS) is 10.9. The number of aromatic nitrogens is 2. The van der Waals surface area contributed by atoms with E-state index in [1.807, 2.05) is 12.1 Å². The highest BCUT2D eigenvalue weighted by Crippen LogP contribution is 2.28. The van der Waals surface area contributed by atoms with Crippen LogP contribution in [0.15, 0.2) is 45.9 Å². The second-order valence-corrected chi connectivity index (χ2v) is 4.64. The molecular formula is C12H7BrN2O3. The van der Waals surface area contributed by atoms with Crippen LogP contribution in [0.4, 0.5) is 0 Å². The van der Waals surface area contributed by atoms with E-state index in [0.29, 0.717) is 11.4 Å². The van der Waals surface area contributed by atoms with Crippen LogP contribution in [0.25, 0.3) is 16.9 Å². The summed E-state index contributed by atoms with van der Waals surface area (Å²) in [4.78, 5) is 15.3. The standard InChI is InChI=1S/C12H7BrN2O3/c13-7-1-2-8-3-9(12(16)17)11(15(8)4-7)10-5-18-6-14-10/h1-6H,(H,16,17). The molecule has 0 saturated heterocycles. The number of nitrogens with zero attached hydrogens (tertiary/aromatic N) is 2. The lowest BCUT2D eigenvalue weighted by atomic mass is 10.2. The lowest BCUT2D eigenvalue weighted by molar-refractivity contribution is 0.0698. The van der Waals surface area contributed by atoms with Gasteiger partial charge in [0.05, 0.1) is 11.3 Å². The zero-order valence-electron chi connectivity index (χ0n) is 9.00. The van der Waals surface area contributed by atoms with Gasteiger partial charge in [0.15, 0.2) is 6.39 Å². The summed E-state index contributed by atoms with van der Waals surface area (Å²) in [6.07, 6.45) is 4.50. The van der Waals surface area contributed by atoms with Crippen LogP contribution in [0.3, 0.4) is 0 Å². The van der Waals surface area contributed by atoms with Crippen LogP contribution in [-0.2, 0) is 0 Å². The minimum Gasteiger partial charge on any atom is -0.478 e. The van der Waals surface area contributed by atoms with Crippen LogP contribution in [-0.4, -0.2) is 20.5 Å². The van der Waals surface area contributed by atoms with Gasteiger partial charge in [-0.2, -0.15) is 0 Å². The molecule has 0 aliphatic rings. The van der Waals surface area contributed by atoms with Gasteiger partial charge in [-0.25, -0.2) is 9.78 Å². The van der Waals surface area contributed by atoms with E-state index in [1.54, 1.807) is 16.7 Å². The molecule has 3 aromatic heterocycles. The molecule has 0 aliphatic heterocycles. The quantitative estimate of drug-likeness (QED) is 0.790. The number of hydrogen-bond donors (Lipinski definition) is 1. The Bertz CT molecular complexity index is 731. The molecule has 0 amide bonds. The van der Waals surface area contributed by atoms with E-state index in [9.17, 15) is 9.90 Å². The second kappa shape index (κ2) is 3.99. The first kappa shape index (κ1) is 11.0. The molecule has 3 rings (SSSR count). The van der Waals surface area contributed by atoms with E-state index < -0.39 is 5.97 Å². The smallest absolute Gasteiger partial charge is 0.337 e. The van der Waals surface area contributed by atoms with Crippen LogP contribution < -0.4 is 0 Å². The molecule has 0 saturated carbocycles. The van der Waals surface area contributed by atoms with Crippen LogP contribution in [0.1, 0.15) is 10.4 Å². The summed E-state index contributed by atoms with van der Waals surface area (Å²) in [6.45, 7) is 0. The molecule has 3 aromatic rings. The van der Waals surface area contributed by atoms with Crippen molar-refractivity contribution in [2.45, 2.75) is 0 Å². The first-order valence-corrected chi connectivity index (χ1v) is 5.88. The Balaban J connectivity index is 2.41. The number of fused-ring (bicyclic) bond motifs is 1. The van der Waals surface area contributed by atoms with E-state index in [0.717, 1.165) is 9.99 Å². The maximum absolute atomic E-state index is 11.3. The molecule has 5 nitrogen and oxygen atoms in total. The van der Waals surface area contributed by atoms with Crippen LogP contribution in [0.5, 0.6) is 0 Å². The molecule has 0 aromatic carbocycles. The largest absolute Gasteiger partial charge is 0.478 e. The number of pyridine rings is 1. The van der Waals surface area contributed by atoms with E-state index in [-0.39, 0.29) is 5.56 Å². The van der Waals surface area contributed by atoms with Gasteiger partial charge in [-0.15, -0.1) is 0 Å². The Morgan fingerprint density at radius 3 is 2.94 bits per heavy atom. The zero-order chi connectivity index (χ0) is 12.7. The predicted octanol–water partition coefficient (Wildman–Crippen LogP) is 3.06. The van der Waals surface area contributed by atoms with Gasteiger partial charge >= 0.3 is 5.97 Å². The summed E-state index contributed by atoms with van der Waals surface area (Å²) in [5, 5.41) is 9.25. The molecule has 18 heavy (non-hydrogen) atoms. The minimum absolute atomic E-state index is 0.196. The van der Waals surface area contributed by atoms with E-state index in [1.165, 1.54) is 12.7 Å². The Morgan fingerprint density at radius 1 is 1.44 bits per heavy atom. The SMILES string of the molecule is O=C(O)c1cc2ccc(Br)cn2c1-c1cocn1. The van der Waals surface area contributed by atoms with Crippen LogP contribution >= 0.6 is 15.9 Å². The molecule has 0 aliphatic carbocycles. The van der Waals surface area contributed by atoms with Crippen LogP contribution in [0.2, 0.25) is 0 Å². The summed E-state index contributed by atoms with van der Waals surface area (Å²) in [6, 6.07) is 5.30. The Hall–Kier alpha value is -2.08. The Kier molecular flexibility index (Phi) is 2.45. The van der Waals surface area contributed by atoms with Crippen molar-refractivity contribution in [3.8, 4) is 11.4 Å². The molecular weight excluding hydrogens is 300 g/mol. The maximum Gasteiger partial charge on any atom is 0.337 e. The van der Waals surface area contributed by atoms with E-state index in [4.69, 9.17) is 4.42 Å². The van der Waals surface area contributed by atoms with E-state index >= 15 is 0 Å². The average molecular weight is 307 g/mol. The van der Waals surface area contributed by atoms with Crippen molar-refractivity contribution >= 4 is 27.4 Å². The number of rotatable bonds is 2. The molecule has 0 radical (unpaired) electrons. The van der Waals surface area contributed by atoms with Crippen molar-refractivity contribution in [3.63, 3.8) is 0 Å². The fourth-order valence-electron chi connectivity index (χ4n) is 1.90. The maximum atomic E-state index is 11.3. The molecule has 3 heterocycles. The van der Waals surface area contributed by atoms with Crippen molar-refractivity contribution in [2.75, 3.05) is 0 Å². The Morgan fingerprint density at radius 2 is 2.28 bits per heavy atom. The number of carboxylic acid groups (broad SMARTS) is 1. The fraction of sp³-hybridized carbons (Fsp3) is 0. The highest BCUT2D eigenvalue weighted by atomic mass is 79.9. The first-order valence-electron chi connectivity index (χ1n) is 5.09. The molecule has 6 heteroatoms. The van der Waals surface area contributed by atoms with Crippen molar-refractivity contribution in [2.24, 2.45) is 0 Å². The summed E-state index contributed by atoms with van der Waals surface area (Å²) < 4.78 is 7.55. The molecule has 0 bridgehead atoms. The fourth-order valence-corrected chi connectivity index (χ4v) is 2.23. The van der Waals surface area contributed by atoms with Gasteiger partial charge < -0.3 is 13.9 Å². The van der Waals surface area contributed by atoms with Crippen LogP contribution in [0, 0.1) is 0 Å². The first-order chi connectivity index (χ1) is 8.66. The molecule has 0 spiro atoms. The van der Waals surface area contributed by atoms with Gasteiger partial charge in [-0.05, 0) is 34.1 Å². The number of oxazole rings is 1. The predicted molar refractivity (Wildman–Crippen MR) is 67.6 cm³/mol. The minimum atomic E-state index is -0.993. The third-order valence-electron chi connectivity index (χ3n) is 2.64. The van der Waals surface area contributed by atoms with Gasteiger partial charge in [0, 0.05) is 16.2 Å². The summed E-state index contributed by atoms with van der Waals surface area (Å²) in [5.74, 6) is -0.993. The summed E-state index contributed by atoms with van der Waals surface area (Å²) in [7, 11) is 0. The number of aromatic carboxylic acids is 1. The van der Waals surface area contributed by atoms with E-state index in [2.05, 4.69) is 20.9 Å². The number of carboxylic acids is 1. The highest BCUT2D eigenvalue weighted by Gasteiger charge is 2.19. The summed E-state index contributed by atoms with van der Waals surface area (Å²) >= 11 is 3.36. The number of hydrogen-bond acceptors (Lipinski definition) is 3. The van der Waals surface area contributed by atoms with Crippen molar-refractivity contribution < 1.29 is 14.3 Å². The lowest BCUT2D eigenvalue weighted by Gasteiger charge is -2.01. The van der Waals surface area contributed by atoms with Gasteiger partial charge in [0.25, 0.3) is 0 Å². The third-order valence-corrected chi connectivity index (χ3v) is 3.11. The lowest BCUT2D eigenvalue weighted by Crippen LogP contribution is -1.98. The third kappa shape index (κ3) is 1.62. The zero-order valence-corrected chi connectivity index (χ0v) is 10.6. The summed E-state index contributed by atoms with van der Waals surface area (Å²) in [5.41, 5.74) is 1.98. The average Bonchev–Trinajstić information content (AvgIpc) is 2.93. The van der Waals surface area contributed by atoms with Gasteiger partial charge in [-0.1, -0.05) is 0 Å².